The molecule has 0 aliphatic rings. The smallest absolute Gasteiger partial charge is 0.344 e. The molecule has 3 heterocycles. The van der Waals surface area contributed by atoms with Crippen molar-refractivity contribution in [3.8, 4) is 11.4 Å². The van der Waals surface area contributed by atoms with Crippen LogP contribution in [0.25, 0.3) is 16.7 Å². The Hall–Kier alpha value is -4.20. The standard InChI is InChI=1S/C27H27N3O5/c1-6-29-14-23(25(32)21-12-7-16(2)28-26(21)29)27(33)35-15-24(31)22-13-17(3)30(18(22)4)19-8-10-20(34-5)11-9-19/h7-14H,6,15H2,1-5H3. The van der Waals surface area contributed by atoms with Crippen LogP contribution in [-0.4, -0.2) is 39.6 Å². The van der Waals surface area contributed by atoms with Gasteiger partial charge < -0.3 is 18.6 Å². The van der Waals surface area contributed by atoms with E-state index in [0.717, 1.165) is 28.5 Å². The third kappa shape index (κ3) is 4.47. The number of esters is 1. The number of rotatable bonds is 7. The molecule has 0 bridgehead atoms. The Bertz CT molecular complexity index is 1500. The van der Waals surface area contributed by atoms with Crippen LogP contribution in [0.15, 0.2) is 53.5 Å². The number of hydrogen-bond acceptors (Lipinski definition) is 6. The molecule has 0 aliphatic carbocycles. The average molecular weight is 474 g/mol. The summed E-state index contributed by atoms with van der Waals surface area (Å²) in [7, 11) is 1.60. The molecule has 0 saturated heterocycles. The SMILES string of the molecule is CCn1cc(C(=O)OCC(=O)c2cc(C)n(-c3ccc(OC)cc3)c2C)c(=O)c2ccc(C)nc21. The van der Waals surface area contributed by atoms with E-state index in [4.69, 9.17) is 9.47 Å². The molecule has 3 aromatic heterocycles. The predicted molar refractivity (Wildman–Crippen MR) is 133 cm³/mol. The summed E-state index contributed by atoms with van der Waals surface area (Å²) in [4.78, 5) is 43.1. The summed E-state index contributed by atoms with van der Waals surface area (Å²) in [5, 5.41) is 0.335. The molecular formula is C27H27N3O5. The van der Waals surface area contributed by atoms with E-state index in [-0.39, 0.29) is 11.3 Å². The monoisotopic (exact) mass is 473 g/mol. The Morgan fingerprint density at radius 2 is 1.71 bits per heavy atom. The largest absolute Gasteiger partial charge is 0.497 e. The molecule has 0 amide bonds. The van der Waals surface area contributed by atoms with Crippen LogP contribution in [0.5, 0.6) is 5.75 Å². The normalized spacial score (nSPS) is 11.0. The zero-order valence-electron chi connectivity index (χ0n) is 20.4. The number of fused-ring (bicyclic) bond motifs is 1. The van der Waals surface area contributed by atoms with Crippen molar-refractivity contribution in [1.82, 2.24) is 14.1 Å². The van der Waals surface area contributed by atoms with Crippen molar-refractivity contribution in [1.29, 1.82) is 0 Å². The van der Waals surface area contributed by atoms with E-state index < -0.39 is 18.0 Å². The zero-order valence-corrected chi connectivity index (χ0v) is 20.4. The molecule has 0 unspecified atom stereocenters. The van der Waals surface area contributed by atoms with Gasteiger partial charge in [-0.3, -0.25) is 9.59 Å². The summed E-state index contributed by atoms with van der Waals surface area (Å²) in [6, 6.07) is 12.7. The third-order valence-corrected chi connectivity index (χ3v) is 6.02. The van der Waals surface area contributed by atoms with Crippen molar-refractivity contribution in [2.45, 2.75) is 34.2 Å². The minimum atomic E-state index is -0.836. The fraction of sp³-hybridized carbons (Fsp3) is 0.259. The van der Waals surface area contributed by atoms with Gasteiger partial charge in [0.05, 0.1) is 12.5 Å². The van der Waals surface area contributed by atoms with Gasteiger partial charge in [0, 0.05) is 41.1 Å². The van der Waals surface area contributed by atoms with E-state index in [2.05, 4.69) is 4.98 Å². The molecule has 35 heavy (non-hydrogen) atoms. The number of Topliss-reactive ketones (excluding diaryl/α,β-unsaturated/α-hetero) is 1. The quantitative estimate of drug-likeness (QED) is 0.295. The molecule has 0 aliphatic heterocycles. The van der Waals surface area contributed by atoms with Gasteiger partial charge in [-0.1, -0.05) is 0 Å². The molecule has 0 radical (unpaired) electrons. The molecule has 0 N–H and O–H groups in total. The highest BCUT2D eigenvalue weighted by atomic mass is 16.5. The van der Waals surface area contributed by atoms with Gasteiger partial charge in [-0.05, 0) is 70.2 Å². The van der Waals surface area contributed by atoms with Crippen LogP contribution in [0.4, 0.5) is 0 Å². The summed E-state index contributed by atoms with van der Waals surface area (Å²) < 4.78 is 14.2. The number of carbonyl (C=O) groups is 2. The maximum Gasteiger partial charge on any atom is 0.344 e. The number of hydrogen-bond donors (Lipinski definition) is 0. The number of aryl methyl sites for hydroxylation is 3. The van der Waals surface area contributed by atoms with Crippen molar-refractivity contribution < 1.29 is 19.1 Å². The maximum absolute atomic E-state index is 13.0. The highest BCUT2D eigenvalue weighted by Gasteiger charge is 2.21. The topological polar surface area (TPSA) is 92.4 Å². The van der Waals surface area contributed by atoms with Crippen molar-refractivity contribution >= 4 is 22.8 Å². The van der Waals surface area contributed by atoms with Crippen molar-refractivity contribution in [2.75, 3.05) is 13.7 Å². The molecule has 0 atom stereocenters. The van der Waals surface area contributed by atoms with E-state index >= 15 is 0 Å². The van der Waals surface area contributed by atoms with Crippen molar-refractivity contribution in [2.24, 2.45) is 0 Å². The lowest BCUT2D eigenvalue weighted by Crippen LogP contribution is -2.23. The first-order valence-corrected chi connectivity index (χ1v) is 11.3. The highest BCUT2D eigenvalue weighted by molar-refractivity contribution is 6.01. The molecule has 0 fully saturated rings. The van der Waals surface area contributed by atoms with Crippen LogP contribution < -0.4 is 10.2 Å². The van der Waals surface area contributed by atoms with Crippen LogP contribution in [0.1, 0.15) is 44.7 Å². The number of aromatic nitrogens is 3. The predicted octanol–water partition coefficient (Wildman–Crippen LogP) is 4.18. The molecule has 0 saturated carbocycles. The minimum absolute atomic E-state index is 0.124. The number of nitrogens with zero attached hydrogens (tertiary/aromatic N) is 3. The number of carbonyl (C=O) groups excluding carboxylic acids is 2. The summed E-state index contributed by atoms with van der Waals surface area (Å²) in [6.07, 6.45) is 1.44. The Labute approximate surface area is 202 Å². The highest BCUT2D eigenvalue weighted by Crippen LogP contribution is 2.23. The Morgan fingerprint density at radius 1 is 1.00 bits per heavy atom. The number of pyridine rings is 2. The van der Waals surface area contributed by atoms with Crippen molar-refractivity contribution in [3.63, 3.8) is 0 Å². The van der Waals surface area contributed by atoms with Gasteiger partial charge in [0.2, 0.25) is 11.2 Å². The van der Waals surface area contributed by atoms with Gasteiger partial charge in [0.25, 0.3) is 0 Å². The lowest BCUT2D eigenvalue weighted by Gasteiger charge is -2.12. The van der Waals surface area contributed by atoms with E-state index in [9.17, 15) is 14.4 Å². The van der Waals surface area contributed by atoms with Crippen LogP contribution in [-0.2, 0) is 11.3 Å². The second kappa shape index (κ2) is 9.58. The summed E-state index contributed by atoms with van der Waals surface area (Å²) in [5.41, 5.74) is 3.63. The number of methoxy groups -OCH3 is 1. The van der Waals surface area contributed by atoms with Crippen LogP contribution in [0.2, 0.25) is 0 Å². The first kappa shape index (κ1) is 23.9. The second-order valence-electron chi connectivity index (χ2n) is 8.30. The van der Waals surface area contributed by atoms with E-state index in [1.807, 2.05) is 56.5 Å². The summed E-state index contributed by atoms with van der Waals surface area (Å²) >= 11 is 0. The van der Waals surface area contributed by atoms with Crippen LogP contribution in [0, 0.1) is 20.8 Å². The van der Waals surface area contributed by atoms with E-state index in [1.54, 1.807) is 29.9 Å². The van der Waals surface area contributed by atoms with E-state index in [0.29, 0.717) is 23.1 Å². The molecule has 8 heteroatoms. The zero-order chi connectivity index (χ0) is 25.3. The van der Waals surface area contributed by atoms with Crippen molar-refractivity contribution in [3.05, 3.63) is 87.1 Å². The molecule has 8 nitrogen and oxygen atoms in total. The van der Waals surface area contributed by atoms with E-state index in [1.165, 1.54) is 6.20 Å². The summed E-state index contributed by atoms with van der Waals surface area (Å²) in [6.45, 7) is 7.52. The second-order valence-corrected chi connectivity index (χ2v) is 8.30. The van der Waals surface area contributed by atoms with Gasteiger partial charge in [0.1, 0.15) is 17.0 Å². The van der Waals surface area contributed by atoms with Crippen LogP contribution in [0.3, 0.4) is 0 Å². The number of ketones is 1. The molecule has 1 aromatic carbocycles. The third-order valence-electron chi connectivity index (χ3n) is 6.02. The lowest BCUT2D eigenvalue weighted by atomic mass is 10.1. The Kier molecular flexibility index (Phi) is 6.55. The molecule has 4 rings (SSSR count). The fourth-order valence-corrected chi connectivity index (χ4v) is 4.21. The number of benzene rings is 1. The van der Waals surface area contributed by atoms with Gasteiger partial charge in [-0.25, -0.2) is 9.78 Å². The number of ether oxygens (including phenoxy) is 2. The molecular weight excluding hydrogens is 446 g/mol. The Morgan fingerprint density at radius 3 is 2.37 bits per heavy atom. The first-order chi connectivity index (χ1) is 16.7. The van der Waals surface area contributed by atoms with Gasteiger partial charge >= 0.3 is 5.97 Å². The Balaban J connectivity index is 1.57. The molecule has 4 aromatic rings. The maximum atomic E-state index is 13.0. The first-order valence-electron chi connectivity index (χ1n) is 11.3. The average Bonchev–Trinajstić information content (AvgIpc) is 3.16. The fourth-order valence-electron chi connectivity index (χ4n) is 4.21. The van der Waals surface area contributed by atoms with Gasteiger partial charge in [-0.2, -0.15) is 0 Å². The molecule has 180 valence electrons. The minimum Gasteiger partial charge on any atom is -0.497 e. The lowest BCUT2D eigenvalue weighted by molar-refractivity contribution is 0.0472. The van der Waals surface area contributed by atoms with Gasteiger partial charge in [-0.15, -0.1) is 0 Å². The van der Waals surface area contributed by atoms with Crippen LogP contribution >= 0.6 is 0 Å². The summed E-state index contributed by atoms with van der Waals surface area (Å²) in [5.74, 6) is -0.446. The van der Waals surface area contributed by atoms with Gasteiger partial charge in [0.15, 0.2) is 6.61 Å². The molecule has 0 spiro atoms.